The standard InChI is InChI=1S/C11H13NO2/c1-9-7-12(11(13)14-9)8-10-5-3-2-4-6-10/h2-6,9H,7-8H2,1H3. The first-order valence-corrected chi connectivity index (χ1v) is 4.75. The van der Waals surface area contributed by atoms with Gasteiger partial charge >= 0.3 is 6.09 Å². The van der Waals surface area contributed by atoms with Gasteiger partial charge in [0.1, 0.15) is 6.10 Å². The van der Waals surface area contributed by atoms with Gasteiger partial charge in [0.25, 0.3) is 0 Å². The highest BCUT2D eigenvalue weighted by Crippen LogP contribution is 2.14. The van der Waals surface area contributed by atoms with Crippen LogP contribution in [0.3, 0.4) is 0 Å². The van der Waals surface area contributed by atoms with Crippen molar-refractivity contribution in [3.63, 3.8) is 0 Å². The molecule has 1 aliphatic heterocycles. The predicted molar refractivity (Wildman–Crippen MR) is 52.8 cm³/mol. The van der Waals surface area contributed by atoms with E-state index >= 15 is 0 Å². The van der Waals surface area contributed by atoms with Crippen molar-refractivity contribution in [1.29, 1.82) is 0 Å². The zero-order valence-corrected chi connectivity index (χ0v) is 8.14. The first-order valence-electron chi connectivity index (χ1n) is 4.75. The predicted octanol–water partition coefficient (Wildman–Crippen LogP) is 2.03. The topological polar surface area (TPSA) is 29.5 Å². The Balaban J connectivity index is 2.02. The summed E-state index contributed by atoms with van der Waals surface area (Å²) < 4.78 is 5.03. The highest BCUT2D eigenvalue weighted by atomic mass is 16.6. The van der Waals surface area contributed by atoms with Gasteiger partial charge < -0.3 is 9.64 Å². The number of hydrogen-bond acceptors (Lipinski definition) is 2. The second-order valence-corrected chi connectivity index (χ2v) is 3.56. The van der Waals surface area contributed by atoms with E-state index in [1.807, 2.05) is 37.3 Å². The maximum absolute atomic E-state index is 11.3. The Labute approximate surface area is 83.3 Å². The quantitative estimate of drug-likeness (QED) is 0.715. The highest BCUT2D eigenvalue weighted by Gasteiger charge is 2.27. The normalized spacial score (nSPS) is 21.1. The van der Waals surface area contributed by atoms with Crippen molar-refractivity contribution in [2.75, 3.05) is 6.54 Å². The van der Waals surface area contributed by atoms with Crippen LogP contribution in [0, 0.1) is 0 Å². The van der Waals surface area contributed by atoms with E-state index in [-0.39, 0.29) is 12.2 Å². The fourth-order valence-corrected chi connectivity index (χ4v) is 1.60. The van der Waals surface area contributed by atoms with Gasteiger partial charge in [-0.05, 0) is 12.5 Å². The number of rotatable bonds is 2. The molecule has 74 valence electrons. The molecular formula is C11H13NO2. The van der Waals surface area contributed by atoms with Crippen LogP contribution in [0.1, 0.15) is 12.5 Å². The van der Waals surface area contributed by atoms with Crippen LogP contribution in [0.4, 0.5) is 4.79 Å². The number of amides is 1. The van der Waals surface area contributed by atoms with Crippen LogP contribution in [0.5, 0.6) is 0 Å². The summed E-state index contributed by atoms with van der Waals surface area (Å²) in [7, 11) is 0. The third-order valence-electron chi connectivity index (χ3n) is 2.25. The zero-order valence-electron chi connectivity index (χ0n) is 8.14. The lowest BCUT2D eigenvalue weighted by atomic mass is 10.2. The van der Waals surface area contributed by atoms with E-state index in [4.69, 9.17) is 4.74 Å². The Kier molecular flexibility index (Phi) is 2.39. The Bertz CT molecular complexity index is 323. The van der Waals surface area contributed by atoms with E-state index in [2.05, 4.69) is 0 Å². The van der Waals surface area contributed by atoms with Crippen LogP contribution < -0.4 is 0 Å². The van der Waals surface area contributed by atoms with Crippen molar-refractivity contribution in [2.24, 2.45) is 0 Å². The molecule has 3 heteroatoms. The van der Waals surface area contributed by atoms with Crippen molar-refractivity contribution < 1.29 is 9.53 Å². The first-order chi connectivity index (χ1) is 6.75. The van der Waals surface area contributed by atoms with E-state index in [1.54, 1.807) is 4.90 Å². The summed E-state index contributed by atoms with van der Waals surface area (Å²) in [6.45, 7) is 3.24. The SMILES string of the molecule is CC1CN(Cc2ccccc2)C(=O)O1. The molecule has 1 amide bonds. The molecule has 1 aromatic carbocycles. The highest BCUT2D eigenvalue weighted by molar-refractivity contribution is 5.69. The summed E-state index contributed by atoms with van der Waals surface area (Å²) in [4.78, 5) is 13.0. The molecule has 1 unspecified atom stereocenters. The number of carbonyl (C=O) groups excluding carboxylic acids is 1. The molecular weight excluding hydrogens is 178 g/mol. The lowest BCUT2D eigenvalue weighted by molar-refractivity contribution is 0.137. The fraction of sp³-hybridized carbons (Fsp3) is 0.364. The van der Waals surface area contributed by atoms with Crippen LogP contribution in [0.15, 0.2) is 30.3 Å². The minimum Gasteiger partial charge on any atom is -0.444 e. The van der Waals surface area contributed by atoms with Gasteiger partial charge in [0, 0.05) is 6.54 Å². The van der Waals surface area contributed by atoms with Crippen LogP contribution in [0.2, 0.25) is 0 Å². The van der Waals surface area contributed by atoms with Gasteiger partial charge in [-0.15, -0.1) is 0 Å². The van der Waals surface area contributed by atoms with Crippen molar-refractivity contribution in [3.8, 4) is 0 Å². The molecule has 0 radical (unpaired) electrons. The number of benzene rings is 1. The maximum Gasteiger partial charge on any atom is 0.410 e. The van der Waals surface area contributed by atoms with Gasteiger partial charge in [0.05, 0.1) is 6.54 Å². The molecule has 1 saturated heterocycles. The number of carbonyl (C=O) groups is 1. The zero-order chi connectivity index (χ0) is 9.97. The lowest BCUT2D eigenvalue weighted by Gasteiger charge is -2.11. The van der Waals surface area contributed by atoms with Gasteiger partial charge in [0.2, 0.25) is 0 Å². The summed E-state index contributed by atoms with van der Waals surface area (Å²) in [6, 6.07) is 9.93. The van der Waals surface area contributed by atoms with Gasteiger partial charge in [-0.2, -0.15) is 0 Å². The van der Waals surface area contributed by atoms with Gasteiger partial charge in [0.15, 0.2) is 0 Å². The van der Waals surface area contributed by atoms with E-state index in [9.17, 15) is 4.79 Å². The molecule has 0 N–H and O–H groups in total. The van der Waals surface area contributed by atoms with Crippen molar-refractivity contribution >= 4 is 6.09 Å². The minimum absolute atomic E-state index is 0.0196. The van der Waals surface area contributed by atoms with Gasteiger partial charge in [-0.3, -0.25) is 0 Å². The molecule has 0 aromatic heterocycles. The van der Waals surface area contributed by atoms with Crippen LogP contribution in [-0.4, -0.2) is 23.6 Å². The Morgan fingerprint density at radius 2 is 2.14 bits per heavy atom. The molecule has 1 aliphatic rings. The van der Waals surface area contributed by atoms with Crippen molar-refractivity contribution in [1.82, 2.24) is 4.90 Å². The second-order valence-electron chi connectivity index (χ2n) is 3.56. The van der Waals surface area contributed by atoms with E-state index in [1.165, 1.54) is 0 Å². The number of ether oxygens (including phenoxy) is 1. The fourth-order valence-electron chi connectivity index (χ4n) is 1.60. The van der Waals surface area contributed by atoms with Crippen LogP contribution in [0.25, 0.3) is 0 Å². The summed E-state index contributed by atoms with van der Waals surface area (Å²) in [5.74, 6) is 0. The average molecular weight is 191 g/mol. The summed E-state index contributed by atoms with van der Waals surface area (Å²) >= 11 is 0. The van der Waals surface area contributed by atoms with Gasteiger partial charge in [-0.25, -0.2) is 4.79 Å². The number of hydrogen-bond donors (Lipinski definition) is 0. The van der Waals surface area contributed by atoms with Crippen molar-refractivity contribution in [3.05, 3.63) is 35.9 Å². The first kappa shape index (κ1) is 9.06. The third-order valence-corrected chi connectivity index (χ3v) is 2.25. The molecule has 3 nitrogen and oxygen atoms in total. The maximum atomic E-state index is 11.3. The van der Waals surface area contributed by atoms with E-state index < -0.39 is 0 Å². The number of cyclic esters (lactones) is 1. The van der Waals surface area contributed by atoms with Crippen LogP contribution >= 0.6 is 0 Å². The average Bonchev–Trinajstić information content (AvgIpc) is 2.47. The van der Waals surface area contributed by atoms with E-state index in [0.717, 1.165) is 5.56 Å². The lowest BCUT2D eigenvalue weighted by Crippen LogP contribution is -2.24. The molecule has 1 fully saturated rings. The minimum atomic E-state index is -0.207. The van der Waals surface area contributed by atoms with Crippen LogP contribution in [-0.2, 0) is 11.3 Å². The largest absolute Gasteiger partial charge is 0.444 e. The second kappa shape index (κ2) is 3.70. The Hall–Kier alpha value is -1.51. The number of nitrogens with zero attached hydrogens (tertiary/aromatic N) is 1. The molecule has 0 spiro atoms. The molecule has 1 heterocycles. The molecule has 0 aliphatic carbocycles. The molecule has 1 atom stereocenters. The molecule has 1 aromatic rings. The van der Waals surface area contributed by atoms with E-state index in [0.29, 0.717) is 13.1 Å². The molecule has 0 bridgehead atoms. The monoisotopic (exact) mass is 191 g/mol. The molecule has 14 heavy (non-hydrogen) atoms. The van der Waals surface area contributed by atoms with Gasteiger partial charge in [-0.1, -0.05) is 30.3 Å². The summed E-state index contributed by atoms with van der Waals surface area (Å²) in [6.07, 6.45) is -0.187. The smallest absolute Gasteiger partial charge is 0.410 e. The molecule has 0 saturated carbocycles. The summed E-state index contributed by atoms with van der Waals surface area (Å²) in [5, 5.41) is 0. The Morgan fingerprint density at radius 3 is 2.71 bits per heavy atom. The Morgan fingerprint density at radius 1 is 1.43 bits per heavy atom. The van der Waals surface area contributed by atoms with Crippen molar-refractivity contribution in [2.45, 2.75) is 19.6 Å². The summed E-state index contributed by atoms with van der Waals surface area (Å²) in [5.41, 5.74) is 1.14. The molecule has 2 rings (SSSR count). The third kappa shape index (κ3) is 1.87.